The van der Waals surface area contributed by atoms with Gasteiger partial charge in [-0.05, 0) is 44.6 Å². The number of carboxylic acids is 1. The van der Waals surface area contributed by atoms with Crippen molar-refractivity contribution in [2.75, 3.05) is 20.7 Å². The molecule has 1 aromatic rings. The SMILES string of the molecule is CNCCC(C)(C(=O)O)c1ccc(Cl)c(OC)c1. The van der Waals surface area contributed by atoms with E-state index in [1.54, 1.807) is 32.2 Å². The number of rotatable bonds is 6. The molecule has 2 N–H and O–H groups in total. The second-order valence-corrected chi connectivity index (χ2v) is 4.75. The lowest BCUT2D eigenvalue weighted by Gasteiger charge is -2.26. The maximum absolute atomic E-state index is 11.5. The molecule has 0 bridgehead atoms. The van der Waals surface area contributed by atoms with Crippen LogP contribution in [0.4, 0.5) is 0 Å². The first-order chi connectivity index (χ1) is 8.45. The van der Waals surface area contributed by atoms with Gasteiger partial charge in [-0.25, -0.2) is 0 Å². The molecule has 1 atom stereocenters. The average Bonchev–Trinajstić information content (AvgIpc) is 2.36. The molecule has 1 aromatic carbocycles. The van der Waals surface area contributed by atoms with Crippen molar-refractivity contribution in [1.82, 2.24) is 5.32 Å². The van der Waals surface area contributed by atoms with Crippen LogP contribution in [0.25, 0.3) is 0 Å². The Morgan fingerprint density at radius 1 is 1.56 bits per heavy atom. The number of halogens is 1. The molecule has 0 fully saturated rings. The molecule has 0 saturated carbocycles. The van der Waals surface area contributed by atoms with Crippen molar-refractivity contribution in [2.24, 2.45) is 0 Å². The van der Waals surface area contributed by atoms with Crippen LogP contribution < -0.4 is 10.1 Å². The average molecular weight is 272 g/mol. The van der Waals surface area contributed by atoms with Crippen LogP contribution in [0, 0.1) is 0 Å². The summed E-state index contributed by atoms with van der Waals surface area (Å²) in [4.78, 5) is 11.5. The van der Waals surface area contributed by atoms with Crippen molar-refractivity contribution < 1.29 is 14.6 Å². The quantitative estimate of drug-likeness (QED) is 0.834. The van der Waals surface area contributed by atoms with Gasteiger partial charge in [0.2, 0.25) is 0 Å². The summed E-state index contributed by atoms with van der Waals surface area (Å²) >= 11 is 5.95. The Hall–Kier alpha value is -1.26. The van der Waals surface area contributed by atoms with Crippen molar-refractivity contribution in [3.05, 3.63) is 28.8 Å². The molecule has 0 heterocycles. The van der Waals surface area contributed by atoms with Crippen molar-refractivity contribution >= 4 is 17.6 Å². The van der Waals surface area contributed by atoms with E-state index in [0.717, 1.165) is 0 Å². The van der Waals surface area contributed by atoms with Crippen molar-refractivity contribution in [1.29, 1.82) is 0 Å². The summed E-state index contributed by atoms with van der Waals surface area (Å²) in [7, 11) is 3.31. The van der Waals surface area contributed by atoms with E-state index in [1.807, 2.05) is 0 Å². The fourth-order valence-corrected chi connectivity index (χ4v) is 1.95. The Bertz CT molecular complexity index is 436. The minimum absolute atomic E-state index is 0.475. The first kappa shape index (κ1) is 14.8. The van der Waals surface area contributed by atoms with Gasteiger partial charge in [-0.2, -0.15) is 0 Å². The zero-order valence-corrected chi connectivity index (χ0v) is 11.5. The Kier molecular flexibility index (Phi) is 4.99. The number of carboxylic acid groups (broad SMARTS) is 1. The van der Waals surface area contributed by atoms with Gasteiger partial charge in [0, 0.05) is 0 Å². The minimum Gasteiger partial charge on any atom is -0.495 e. The summed E-state index contributed by atoms with van der Waals surface area (Å²) in [5.41, 5.74) is -0.271. The highest BCUT2D eigenvalue weighted by atomic mass is 35.5. The number of nitrogens with one attached hydrogen (secondary N) is 1. The van der Waals surface area contributed by atoms with E-state index in [-0.39, 0.29) is 0 Å². The van der Waals surface area contributed by atoms with Crippen LogP contribution in [0.1, 0.15) is 18.9 Å². The molecule has 5 heteroatoms. The predicted octanol–water partition coefficient (Wildman–Crippen LogP) is 2.30. The number of aliphatic carboxylic acids is 1. The van der Waals surface area contributed by atoms with Crippen LogP contribution in [-0.4, -0.2) is 31.8 Å². The van der Waals surface area contributed by atoms with E-state index in [4.69, 9.17) is 16.3 Å². The van der Waals surface area contributed by atoms with Gasteiger partial charge >= 0.3 is 5.97 Å². The summed E-state index contributed by atoms with van der Waals surface area (Å²) in [6, 6.07) is 5.08. The highest BCUT2D eigenvalue weighted by Crippen LogP contribution is 2.33. The zero-order valence-electron chi connectivity index (χ0n) is 10.8. The summed E-state index contributed by atoms with van der Waals surface area (Å²) < 4.78 is 5.12. The molecule has 0 spiro atoms. The predicted molar refractivity (Wildman–Crippen MR) is 71.5 cm³/mol. The highest BCUT2D eigenvalue weighted by Gasteiger charge is 2.35. The fraction of sp³-hybridized carbons (Fsp3) is 0.462. The molecule has 18 heavy (non-hydrogen) atoms. The Balaban J connectivity index is 3.17. The van der Waals surface area contributed by atoms with E-state index in [0.29, 0.717) is 29.3 Å². The van der Waals surface area contributed by atoms with Gasteiger partial charge in [0.15, 0.2) is 0 Å². The summed E-state index contributed by atoms with van der Waals surface area (Å²) in [5, 5.41) is 12.9. The van der Waals surface area contributed by atoms with Crippen molar-refractivity contribution in [2.45, 2.75) is 18.8 Å². The van der Waals surface area contributed by atoms with Gasteiger partial charge in [0.05, 0.1) is 17.5 Å². The van der Waals surface area contributed by atoms with Crippen LogP contribution in [0.2, 0.25) is 5.02 Å². The minimum atomic E-state index is -0.957. The molecule has 1 unspecified atom stereocenters. The monoisotopic (exact) mass is 271 g/mol. The maximum atomic E-state index is 11.5. The number of hydrogen-bond donors (Lipinski definition) is 2. The summed E-state index contributed by atoms with van der Waals surface area (Å²) in [5.74, 6) is -0.367. The molecule has 1 rings (SSSR count). The Labute approximate surface area is 112 Å². The van der Waals surface area contributed by atoms with E-state index < -0.39 is 11.4 Å². The van der Waals surface area contributed by atoms with Gasteiger partial charge < -0.3 is 15.2 Å². The van der Waals surface area contributed by atoms with Gasteiger partial charge in [0.1, 0.15) is 5.75 Å². The molecule has 0 radical (unpaired) electrons. The smallest absolute Gasteiger partial charge is 0.313 e. The third-order valence-corrected chi connectivity index (χ3v) is 3.45. The third kappa shape index (κ3) is 2.94. The van der Waals surface area contributed by atoms with Crippen LogP contribution >= 0.6 is 11.6 Å². The lowest BCUT2D eigenvalue weighted by molar-refractivity contribution is -0.143. The molecule has 0 aliphatic carbocycles. The number of ether oxygens (including phenoxy) is 1. The Morgan fingerprint density at radius 3 is 2.72 bits per heavy atom. The number of carbonyl (C=O) groups is 1. The van der Waals surface area contributed by atoms with Gasteiger partial charge in [0.25, 0.3) is 0 Å². The molecule has 0 aliphatic heterocycles. The molecule has 0 aromatic heterocycles. The first-order valence-corrected chi connectivity index (χ1v) is 6.05. The lowest BCUT2D eigenvalue weighted by atomic mass is 9.79. The fourth-order valence-electron chi connectivity index (χ4n) is 1.75. The van der Waals surface area contributed by atoms with Crippen LogP contribution in [0.3, 0.4) is 0 Å². The molecule has 0 amide bonds. The molecule has 0 aliphatic rings. The zero-order chi connectivity index (χ0) is 13.8. The largest absolute Gasteiger partial charge is 0.495 e. The molecule has 0 saturated heterocycles. The van der Waals surface area contributed by atoms with Crippen LogP contribution in [0.5, 0.6) is 5.75 Å². The topological polar surface area (TPSA) is 58.6 Å². The second-order valence-electron chi connectivity index (χ2n) is 4.34. The molecular weight excluding hydrogens is 254 g/mol. The van der Waals surface area contributed by atoms with Crippen LogP contribution in [-0.2, 0) is 10.2 Å². The van der Waals surface area contributed by atoms with Crippen molar-refractivity contribution in [3.8, 4) is 5.75 Å². The standard InChI is InChI=1S/C13H18ClNO3/c1-13(12(16)17,6-7-15-2)9-4-5-10(14)11(8-9)18-3/h4-5,8,15H,6-7H2,1-3H3,(H,16,17). The Morgan fingerprint density at radius 2 is 2.22 bits per heavy atom. The van der Waals surface area contributed by atoms with Gasteiger partial charge in [-0.1, -0.05) is 17.7 Å². The molecular formula is C13H18ClNO3. The van der Waals surface area contributed by atoms with Crippen molar-refractivity contribution in [3.63, 3.8) is 0 Å². The molecule has 100 valence electrons. The third-order valence-electron chi connectivity index (χ3n) is 3.14. The molecule has 4 nitrogen and oxygen atoms in total. The number of hydrogen-bond acceptors (Lipinski definition) is 3. The normalized spacial score (nSPS) is 14.0. The van der Waals surface area contributed by atoms with E-state index in [1.165, 1.54) is 7.11 Å². The highest BCUT2D eigenvalue weighted by molar-refractivity contribution is 6.32. The van der Waals surface area contributed by atoms with E-state index in [2.05, 4.69) is 5.32 Å². The first-order valence-electron chi connectivity index (χ1n) is 5.67. The summed E-state index contributed by atoms with van der Waals surface area (Å²) in [6.07, 6.45) is 0.490. The van der Waals surface area contributed by atoms with Crippen LogP contribution in [0.15, 0.2) is 18.2 Å². The maximum Gasteiger partial charge on any atom is 0.313 e. The van der Waals surface area contributed by atoms with Gasteiger partial charge in [-0.15, -0.1) is 0 Å². The number of benzene rings is 1. The van der Waals surface area contributed by atoms with E-state index >= 15 is 0 Å². The van der Waals surface area contributed by atoms with E-state index in [9.17, 15) is 9.90 Å². The van der Waals surface area contributed by atoms with Gasteiger partial charge in [-0.3, -0.25) is 4.79 Å². The lowest BCUT2D eigenvalue weighted by Crippen LogP contribution is -2.35. The second kappa shape index (κ2) is 6.07. The number of methoxy groups -OCH3 is 1. The summed E-state index contributed by atoms with van der Waals surface area (Å²) in [6.45, 7) is 2.32.